The summed E-state index contributed by atoms with van der Waals surface area (Å²) in [5.74, 6) is -0.912. The Kier molecular flexibility index (Phi) is 3.12. The fourth-order valence-corrected chi connectivity index (χ4v) is 3.42. The van der Waals surface area contributed by atoms with E-state index in [1.54, 1.807) is 17.4 Å². The van der Waals surface area contributed by atoms with Crippen molar-refractivity contribution >= 4 is 43.3 Å². The van der Waals surface area contributed by atoms with E-state index in [1.807, 2.05) is 41.8 Å². The van der Waals surface area contributed by atoms with Crippen LogP contribution in [0.2, 0.25) is 0 Å². The van der Waals surface area contributed by atoms with E-state index in [0.717, 1.165) is 25.7 Å². The number of thiophene rings is 1. The zero-order valence-corrected chi connectivity index (χ0v) is 12.2. The summed E-state index contributed by atoms with van der Waals surface area (Å²) >= 11 is 4.95. The maximum atomic E-state index is 11.4. The van der Waals surface area contributed by atoms with Crippen molar-refractivity contribution in [1.82, 2.24) is 0 Å². The number of benzene rings is 2. The maximum absolute atomic E-state index is 11.4. The molecule has 0 saturated heterocycles. The van der Waals surface area contributed by atoms with Gasteiger partial charge in [0, 0.05) is 14.7 Å². The van der Waals surface area contributed by atoms with Gasteiger partial charge < -0.3 is 5.11 Å². The lowest BCUT2D eigenvalue weighted by molar-refractivity contribution is 0.0697. The van der Waals surface area contributed by atoms with Gasteiger partial charge in [-0.25, -0.2) is 4.79 Å². The highest BCUT2D eigenvalue weighted by atomic mass is 79.9. The Hall–Kier alpha value is -1.65. The molecule has 2 nitrogen and oxygen atoms in total. The number of halogens is 1. The van der Waals surface area contributed by atoms with Gasteiger partial charge in [0.2, 0.25) is 0 Å². The number of aromatic carboxylic acids is 1. The van der Waals surface area contributed by atoms with E-state index in [1.165, 1.54) is 0 Å². The van der Waals surface area contributed by atoms with Crippen molar-refractivity contribution in [2.75, 3.05) is 0 Å². The fraction of sp³-hybridized carbons (Fsp3) is 0. The highest BCUT2D eigenvalue weighted by molar-refractivity contribution is 9.10. The largest absolute Gasteiger partial charge is 0.478 e. The summed E-state index contributed by atoms with van der Waals surface area (Å²) in [6.07, 6.45) is 0. The monoisotopic (exact) mass is 332 g/mol. The lowest BCUT2D eigenvalue weighted by Crippen LogP contribution is -1.99. The molecule has 0 radical (unpaired) electrons. The van der Waals surface area contributed by atoms with Crippen LogP contribution in [-0.2, 0) is 0 Å². The molecule has 1 aromatic heterocycles. The van der Waals surface area contributed by atoms with Crippen LogP contribution in [0.3, 0.4) is 0 Å². The number of carbonyl (C=O) groups is 1. The molecule has 1 heterocycles. The summed E-state index contributed by atoms with van der Waals surface area (Å²) in [5, 5.41) is 12.5. The van der Waals surface area contributed by atoms with E-state index >= 15 is 0 Å². The van der Waals surface area contributed by atoms with Crippen LogP contribution in [0, 0.1) is 0 Å². The van der Waals surface area contributed by atoms with Crippen LogP contribution < -0.4 is 0 Å². The second-order valence-electron chi connectivity index (χ2n) is 4.14. The summed E-state index contributed by atoms with van der Waals surface area (Å²) in [5.41, 5.74) is 2.04. The van der Waals surface area contributed by atoms with Gasteiger partial charge in [0.05, 0.1) is 5.56 Å². The Morgan fingerprint density at radius 3 is 2.74 bits per heavy atom. The molecule has 0 bridgehead atoms. The molecule has 0 unspecified atom stereocenters. The van der Waals surface area contributed by atoms with Gasteiger partial charge in [0.15, 0.2) is 0 Å². The van der Waals surface area contributed by atoms with Gasteiger partial charge in [-0.15, -0.1) is 11.3 Å². The number of hydrogen-bond donors (Lipinski definition) is 1. The SMILES string of the molecule is O=C(O)c1cc(Br)ccc1-c1cccc2ccsc12. The minimum absolute atomic E-state index is 0.315. The van der Waals surface area contributed by atoms with Crippen LogP contribution in [-0.4, -0.2) is 11.1 Å². The van der Waals surface area contributed by atoms with Crippen molar-refractivity contribution in [3.8, 4) is 11.1 Å². The molecule has 3 rings (SSSR count). The molecule has 2 aromatic carbocycles. The third kappa shape index (κ3) is 2.17. The van der Waals surface area contributed by atoms with Gasteiger partial charge in [-0.1, -0.05) is 40.2 Å². The molecule has 0 atom stereocenters. The standard InChI is InChI=1S/C15H9BrO2S/c16-10-4-5-11(13(8-10)15(17)18)12-3-1-2-9-6-7-19-14(9)12/h1-8H,(H,17,18). The average molecular weight is 333 g/mol. The van der Waals surface area contributed by atoms with Gasteiger partial charge in [-0.2, -0.15) is 0 Å². The molecule has 94 valence electrons. The van der Waals surface area contributed by atoms with E-state index < -0.39 is 5.97 Å². The normalized spacial score (nSPS) is 10.8. The number of fused-ring (bicyclic) bond motifs is 1. The molecule has 0 aliphatic carbocycles. The highest BCUT2D eigenvalue weighted by Crippen LogP contribution is 2.35. The van der Waals surface area contributed by atoms with Crippen LogP contribution in [0.5, 0.6) is 0 Å². The summed E-state index contributed by atoms with van der Waals surface area (Å²) in [6.45, 7) is 0. The van der Waals surface area contributed by atoms with Gasteiger partial charge in [-0.05, 0) is 34.5 Å². The summed E-state index contributed by atoms with van der Waals surface area (Å²) in [4.78, 5) is 11.4. The molecule has 0 aliphatic rings. The molecule has 0 aliphatic heterocycles. The zero-order valence-electron chi connectivity index (χ0n) is 9.76. The lowest BCUT2D eigenvalue weighted by Gasteiger charge is -2.08. The van der Waals surface area contributed by atoms with E-state index in [4.69, 9.17) is 0 Å². The molecule has 3 aromatic rings. The molecule has 0 spiro atoms. The van der Waals surface area contributed by atoms with Crippen LogP contribution in [0.1, 0.15) is 10.4 Å². The number of carboxylic acids is 1. The zero-order chi connectivity index (χ0) is 13.4. The van der Waals surface area contributed by atoms with E-state index in [2.05, 4.69) is 15.9 Å². The van der Waals surface area contributed by atoms with Crippen LogP contribution in [0.4, 0.5) is 0 Å². The van der Waals surface area contributed by atoms with E-state index in [0.29, 0.717) is 5.56 Å². The summed E-state index contributed by atoms with van der Waals surface area (Å²) in [7, 11) is 0. The predicted octanol–water partition coefficient (Wildman–Crippen LogP) is 5.03. The first-order valence-corrected chi connectivity index (χ1v) is 7.33. The smallest absolute Gasteiger partial charge is 0.336 e. The Balaban J connectivity index is 2.33. The number of carboxylic acid groups (broad SMARTS) is 1. The lowest BCUT2D eigenvalue weighted by atomic mass is 9.99. The average Bonchev–Trinajstić information content (AvgIpc) is 2.86. The van der Waals surface area contributed by atoms with Gasteiger partial charge >= 0.3 is 5.97 Å². The van der Waals surface area contributed by atoms with E-state index in [9.17, 15) is 9.90 Å². The van der Waals surface area contributed by atoms with Crippen molar-refractivity contribution in [3.05, 3.63) is 57.9 Å². The number of rotatable bonds is 2. The quantitative estimate of drug-likeness (QED) is 0.714. The summed E-state index contributed by atoms with van der Waals surface area (Å²) < 4.78 is 1.89. The molecule has 0 amide bonds. The molecule has 19 heavy (non-hydrogen) atoms. The van der Waals surface area contributed by atoms with Gasteiger partial charge in [0.1, 0.15) is 0 Å². The number of hydrogen-bond acceptors (Lipinski definition) is 2. The first-order chi connectivity index (χ1) is 9.16. The van der Waals surface area contributed by atoms with Crippen LogP contribution in [0.25, 0.3) is 21.2 Å². The van der Waals surface area contributed by atoms with Crippen molar-refractivity contribution in [2.24, 2.45) is 0 Å². The van der Waals surface area contributed by atoms with Crippen molar-refractivity contribution in [3.63, 3.8) is 0 Å². The highest BCUT2D eigenvalue weighted by Gasteiger charge is 2.14. The third-order valence-corrected chi connectivity index (χ3v) is 4.44. The molecular formula is C15H9BrO2S. The van der Waals surface area contributed by atoms with Crippen molar-refractivity contribution in [2.45, 2.75) is 0 Å². The predicted molar refractivity (Wildman–Crippen MR) is 81.9 cm³/mol. The van der Waals surface area contributed by atoms with Gasteiger partial charge in [0.25, 0.3) is 0 Å². The topological polar surface area (TPSA) is 37.3 Å². The second-order valence-corrected chi connectivity index (χ2v) is 5.97. The summed E-state index contributed by atoms with van der Waals surface area (Å²) in [6, 6.07) is 13.4. The Labute approximate surface area is 122 Å². The molecular weight excluding hydrogens is 324 g/mol. The first kappa shape index (κ1) is 12.4. The minimum atomic E-state index is -0.912. The maximum Gasteiger partial charge on any atom is 0.336 e. The Morgan fingerprint density at radius 1 is 1.11 bits per heavy atom. The molecule has 0 saturated carbocycles. The minimum Gasteiger partial charge on any atom is -0.478 e. The Bertz CT molecular complexity index is 777. The fourth-order valence-electron chi connectivity index (χ4n) is 2.13. The molecule has 0 fully saturated rings. The second kappa shape index (κ2) is 4.79. The van der Waals surface area contributed by atoms with Crippen LogP contribution in [0.15, 0.2) is 52.3 Å². The van der Waals surface area contributed by atoms with Gasteiger partial charge in [-0.3, -0.25) is 0 Å². The first-order valence-electron chi connectivity index (χ1n) is 5.66. The van der Waals surface area contributed by atoms with E-state index in [-0.39, 0.29) is 0 Å². The Morgan fingerprint density at radius 2 is 1.95 bits per heavy atom. The molecule has 1 N–H and O–H groups in total. The third-order valence-electron chi connectivity index (χ3n) is 2.98. The van der Waals surface area contributed by atoms with Crippen molar-refractivity contribution < 1.29 is 9.90 Å². The van der Waals surface area contributed by atoms with Crippen LogP contribution >= 0.6 is 27.3 Å². The van der Waals surface area contributed by atoms with Crippen molar-refractivity contribution in [1.29, 1.82) is 0 Å². The molecule has 4 heteroatoms.